The first-order valence-electron chi connectivity index (χ1n) is 6.94. The van der Waals surface area contributed by atoms with Crippen molar-refractivity contribution in [3.63, 3.8) is 0 Å². The number of esters is 1. The molecule has 120 valence electrons. The van der Waals surface area contributed by atoms with Gasteiger partial charge in [0.2, 0.25) is 0 Å². The van der Waals surface area contributed by atoms with E-state index in [2.05, 4.69) is 4.72 Å². The lowest BCUT2D eigenvalue weighted by atomic mass is 10.1. The van der Waals surface area contributed by atoms with E-state index in [4.69, 9.17) is 4.74 Å². The first-order chi connectivity index (χ1) is 8.94. The lowest BCUT2D eigenvalue weighted by molar-refractivity contribution is -0.158. The minimum Gasteiger partial charge on any atom is -0.459 e. The summed E-state index contributed by atoms with van der Waals surface area (Å²) >= 11 is 0. The van der Waals surface area contributed by atoms with Gasteiger partial charge in [-0.1, -0.05) is 27.7 Å². The van der Waals surface area contributed by atoms with Crippen molar-refractivity contribution in [3.8, 4) is 0 Å². The van der Waals surface area contributed by atoms with Gasteiger partial charge in [-0.25, -0.2) is 0 Å². The van der Waals surface area contributed by atoms with Crippen LogP contribution in [-0.4, -0.2) is 43.4 Å². The quantitative estimate of drug-likeness (QED) is 0.724. The third-order valence-corrected chi connectivity index (χ3v) is 4.40. The van der Waals surface area contributed by atoms with Gasteiger partial charge >= 0.3 is 5.97 Å². The molecule has 0 fully saturated rings. The third-order valence-electron chi connectivity index (χ3n) is 2.65. The highest BCUT2D eigenvalue weighted by Gasteiger charge is 2.33. The van der Waals surface area contributed by atoms with Crippen molar-refractivity contribution in [2.75, 3.05) is 13.1 Å². The Kier molecular flexibility index (Phi) is 7.13. The van der Waals surface area contributed by atoms with Gasteiger partial charge in [0.05, 0.1) is 0 Å². The second-order valence-electron chi connectivity index (χ2n) is 5.96. The highest BCUT2D eigenvalue weighted by molar-refractivity contribution is 7.87. The van der Waals surface area contributed by atoms with Gasteiger partial charge in [0.25, 0.3) is 10.2 Å². The molecule has 7 heteroatoms. The standard InChI is InChI=1S/C13H28N2O4S/c1-8-15(9-2)20(17,18)14-11(10(3)4)12(16)19-13(5,6)7/h10-11,14H,8-9H2,1-7H3/t11-/m0/s1. The molecule has 0 aliphatic rings. The summed E-state index contributed by atoms with van der Waals surface area (Å²) in [7, 11) is -3.68. The SMILES string of the molecule is CCN(CC)S(=O)(=O)N[C@H](C(=O)OC(C)(C)C)C(C)C. The molecule has 0 aliphatic carbocycles. The number of nitrogens with zero attached hydrogens (tertiary/aromatic N) is 1. The third kappa shape index (κ3) is 6.19. The van der Waals surface area contributed by atoms with E-state index in [-0.39, 0.29) is 5.92 Å². The van der Waals surface area contributed by atoms with Crippen LogP contribution < -0.4 is 4.72 Å². The van der Waals surface area contributed by atoms with Crippen LogP contribution in [0.1, 0.15) is 48.5 Å². The van der Waals surface area contributed by atoms with Crippen molar-refractivity contribution < 1.29 is 17.9 Å². The molecule has 0 spiro atoms. The molecule has 0 aromatic heterocycles. The minimum atomic E-state index is -3.68. The number of carbonyl (C=O) groups excluding carboxylic acids is 1. The fourth-order valence-electron chi connectivity index (χ4n) is 1.62. The first-order valence-corrected chi connectivity index (χ1v) is 8.38. The van der Waals surface area contributed by atoms with Crippen molar-refractivity contribution in [2.45, 2.75) is 60.1 Å². The zero-order valence-electron chi connectivity index (χ0n) is 13.6. The van der Waals surface area contributed by atoms with Crippen LogP contribution in [0.5, 0.6) is 0 Å². The molecule has 20 heavy (non-hydrogen) atoms. The summed E-state index contributed by atoms with van der Waals surface area (Å²) in [4.78, 5) is 12.1. The molecule has 0 bridgehead atoms. The highest BCUT2D eigenvalue weighted by atomic mass is 32.2. The summed E-state index contributed by atoms with van der Waals surface area (Å²) in [5, 5.41) is 0. The predicted octanol–water partition coefficient (Wildman–Crippen LogP) is 1.53. The van der Waals surface area contributed by atoms with Gasteiger partial charge in [-0.2, -0.15) is 17.4 Å². The summed E-state index contributed by atoms with van der Waals surface area (Å²) in [6, 6.07) is -0.889. The minimum absolute atomic E-state index is 0.199. The number of hydrogen-bond donors (Lipinski definition) is 1. The van der Waals surface area contributed by atoms with E-state index < -0.39 is 27.8 Å². The smallest absolute Gasteiger partial charge is 0.325 e. The summed E-state index contributed by atoms with van der Waals surface area (Å²) in [5.41, 5.74) is -0.648. The summed E-state index contributed by atoms with van der Waals surface area (Å²) in [6.07, 6.45) is 0. The Hall–Kier alpha value is -0.660. The molecule has 0 aromatic rings. The normalized spacial score (nSPS) is 14.7. The van der Waals surface area contributed by atoms with Crippen molar-refractivity contribution >= 4 is 16.2 Å². The molecular weight excluding hydrogens is 280 g/mol. The summed E-state index contributed by atoms with van der Waals surface area (Å²) in [6.45, 7) is 13.0. The topological polar surface area (TPSA) is 75.7 Å². The van der Waals surface area contributed by atoms with Gasteiger partial charge in [-0.3, -0.25) is 4.79 Å². The summed E-state index contributed by atoms with van der Waals surface area (Å²) in [5.74, 6) is -0.751. The second-order valence-corrected chi connectivity index (χ2v) is 7.66. The number of carbonyl (C=O) groups is 1. The lowest BCUT2D eigenvalue weighted by Gasteiger charge is -2.28. The molecule has 0 unspecified atom stereocenters. The van der Waals surface area contributed by atoms with Gasteiger partial charge in [-0.15, -0.1) is 0 Å². The van der Waals surface area contributed by atoms with E-state index in [9.17, 15) is 13.2 Å². The van der Waals surface area contributed by atoms with E-state index in [1.54, 1.807) is 48.5 Å². The van der Waals surface area contributed by atoms with E-state index in [1.807, 2.05) is 0 Å². The number of nitrogens with one attached hydrogen (secondary N) is 1. The number of rotatable bonds is 7. The Balaban J connectivity index is 5.10. The maximum atomic E-state index is 12.2. The Labute approximate surface area is 123 Å². The molecule has 0 saturated carbocycles. The van der Waals surface area contributed by atoms with Gasteiger partial charge in [0.15, 0.2) is 0 Å². The van der Waals surface area contributed by atoms with E-state index in [0.29, 0.717) is 13.1 Å². The van der Waals surface area contributed by atoms with Gasteiger partial charge in [0, 0.05) is 13.1 Å². The van der Waals surface area contributed by atoms with Crippen LogP contribution in [0.25, 0.3) is 0 Å². The maximum Gasteiger partial charge on any atom is 0.325 e. The van der Waals surface area contributed by atoms with E-state index in [0.717, 1.165) is 0 Å². The van der Waals surface area contributed by atoms with Crippen molar-refractivity contribution in [3.05, 3.63) is 0 Å². The molecule has 0 aliphatic heterocycles. The highest BCUT2D eigenvalue weighted by Crippen LogP contribution is 2.13. The van der Waals surface area contributed by atoms with Crippen molar-refractivity contribution in [2.24, 2.45) is 5.92 Å². The molecule has 0 saturated heterocycles. The molecule has 0 amide bonds. The zero-order valence-corrected chi connectivity index (χ0v) is 14.4. The van der Waals surface area contributed by atoms with Gasteiger partial charge < -0.3 is 4.74 Å². The molecule has 0 aromatic carbocycles. The molecule has 1 atom stereocenters. The number of ether oxygens (including phenoxy) is 1. The molecule has 0 rings (SSSR count). The maximum absolute atomic E-state index is 12.2. The van der Waals surface area contributed by atoms with Crippen LogP contribution in [0.15, 0.2) is 0 Å². The molecule has 6 nitrogen and oxygen atoms in total. The monoisotopic (exact) mass is 308 g/mol. The molecular formula is C13H28N2O4S. The Morgan fingerprint density at radius 2 is 1.65 bits per heavy atom. The largest absolute Gasteiger partial charge is 0.459 e. The predicted molar refractivity (Wildman–Crippen MR) is 79.4 cm³/mol. The Morgan fingerprint density at radius 3 is 1.95 bits per heavy atom. The van der Waals surface area contributed by atoms with E-state index >= 15 is 0 Å². The first kappa shape index (κ1) is 19.3. The zero-order chi connectivity index (χ0) is 16.1. The fraction of sp³-hybridized carbons (Fsp3) is 0.923. The average molecular weight is 308 g/mol. The van der Waals surface area contributed by atoms with Crippen LogP contribution in [-0.2, 0) is 19.7 Å². The average Bonchev–Trinajstić information content (AvgIpc) is 2.24. The van der Waals surface area contributed by atoms with E-state index in [1.165, 1.54) is 4.31 Å². The molecule has 0 radical (unpaired) electrons. The van der Waals surface area contributed by atoms with Crippen molar-refractivity contribution in [1.82, 2.24) is 9.03 Å². The van der Waals surface area contributed by atoms with Gasteiger partial charge in [0.1, 0.15) is 11.6 Å². The Bertz CT molecular complexity index is 409. The second kappa shape index (κ2) is 7.38. The van der Waals surface area contributed by atoms with Gasteiger partial charge in [-0.05, 0) is 26.7 Å². The Morgan fingerprint density at radius 1 is 1.20 bits per heavy atom. The van der Waals surface area contributed by atoms with Crippen LogP contribution in [0.2, 0.25) is 0 Å². The lowest BCUT2D eigenvalue weighted by Crippen LogP contribution is -2.51. The van der Waals surface area contributed by atoms with Crippen LogP contribution in [0, 0.1) is 5.92 Å². The van der Waals surface area contributed by atoms with Crippen LogP contribution in [0.3, 0.4) is 0 Å². The van der Waals surface area contributed by atoms with Crippen LogP contribution in [0.4, 0.5) is 0 Å². The molecule has 0 heterocycles. The number of hydrogen-bond acceptors (Lipinski definition) is 4. The van der Waals surface area contributed by atoms with Crippen molar-refractivity contribution in [1.29, 1.82) is 0 Å². The van der Waals surface area contributed by atoms with Crippen LogP contribution >= 0.6 is 0 Å². The molecule has 1 N–H and O–H groups in total. The fourth-order valence-corrected chi connectivity index (χ4v) is 3.14. The summed E-state index contributed by atoms with van der Waals surface area (Å²) < 4.78 is 33.4.